The Hall–Kier alpha value is -3.27. The van der Waals surface area contributed by atoms with Gasteiger partial charge in [0.05, 0.1) is 17.7 Å². The zero-order chi connectivity index (χ0) is 31.1. The van der Waals surface area contributed by atoms with Gasteiger partial charge in [-0.1, -0.05) is 78.9 Å². The van der Waals surface area contributed by atoms with E-state index in [1.54, 1.807) is 54.6 Å². The van der Waals surface area contributed by atoms with Crippen LogP contribution in [0.15, 0.2) is 71.6 Å². The van der Waals surface area contributed by atoms with Crippen LogP contribution in [0, 0.1) is 6.92 Å². The van der Waals surface area contributed by atoms with Crippen LogP contribution < -0.4 is 14.4 Å². The molecule has 4 rings (SSSR count). The Morgan fingerprint density at radius 3 is 2.33 bits per heavy atom. The van der Waals surface area contributed by atoms with Crippen molar-refractivity contribution in [2.75, 3.05) is 18.0 Å². The van der Waals surface area contributed by atoms with Crippen molar-refractivity contribution in [2.24, 2.45) is 0 Å². The summed E-state index contributed by atoms with van der Waals surface area (Å²) in [5, 5.41) is 3.87. The number of methoxy groups -OCH3 is 1. The average Bonchev–Trinajstić information content (AvgIpc) is 3.50. The summed E-state index contributed by atoms with van der Waals surface area (Å²) in [6.45, 7) is 3.09. The number of carbonyl (C=O) groups excluding carboxylic acids is 2. The van der Waals surface area contributed by atoms with E-state index in [9.17, 15) is 18.0 Å². The second kappa shape index (κ2) is 14.5. The van der Waals surface area contributed by atoms with Gasteiger partial charge >= 0.3 is 0 Å². The summed E-state index contributed by atoms with van der Waals surface area (Å²) in [5.41, 5.74) is 1.67. The maximum absolute atomic E-state index is 14.3. The van der Waals surface area contributed by atoms with Crippen molar-refractivity contribution in [3.8, 4) is 5.75 Å². The largest absolute Gasteiger partial charge is 0.495 e. The van der Waals surface area contributed by atoms with Crippen molar-refractivity contribution in [2.45, 2.75) is 69.5 Å². The SMILES string of the molecule is CCC(C(=O)NC1CCCC1)N(Cc1ccc(Cl)cc1Cl)C(=O)CN(c1ccccc1OC)S(=O)(=O)c1ccc(C)cc1. The van der Waals surface area contributed by atoms with Crippen LogP contribution in [0.1, 0.15) is 50.2 Å². The Bertz CT molecular complexity index is 1540. The monoisotopic (exact) mass is 645 g/mol. The number of anilines is 1. The molecule has 1 atom stereocenters. The number of amides is 2. The molecule has 0 aromatic heterocycles. The van der Waals surface area contributed by atoms with E-state index in [2.05, 4.69) is 5.32 Å². The van der Waals surface area contributed by atoms with Gasteiger partial charge in [0.1, 0.15) is 18.3 Å². The van der Waals surface area contributed by atoms with Gasteiger partial charge in [0.25, 0.3) is 10.0 Å². The highest BCUT2D eigenvalue weighted by atomic mass is 35.5. The van der Waals surface area contributed by atoms with E-state index >= 15 is 0 Å². The van der Waals surface area contributed by atoms with Crippen LogP contribution in [0.4, 0.5) is 5.69 Å². The molecule has 3 aromatic carbocycles. The second-order valence-electron chi connectivity index (χ2n) is 10.7. The normalized spacial score (nSPS) is 14.3. The number of rotatable bonds is 12. The number of hydrogen-bond donors (Lipinski definition) is 1. The molecule has 0 radical (unpaired) electrons. The molecule has 0 heterocycles. The van der Waals surface area contributed by atoms with Crippen molar-refractivity contribution in [3.05, 3.63) is 87.9 Å². The zero-order valence-electron chi connectivity index (χ0n) is 24.6. The maximum atomic E-state index is 14.3. The third kappa shape index (κ3) is 7.82. The van der Waals surface area contributed by atoms with Gasteiger partial charge in [-0.2, -0.15) is 0 Å². The van der Waals surface area contributed by atoms with Gasteiger partial charge in [0.15, 0.2) is 0 Å². The third-order valence-corrected chi connectivity index (χ3v) is 10.0. The Morgan fingerprint density at radius 1 is 1.02 bits per heavy atom. The van der Waals surface area contributed by atoms with Gasteiger partial charge in [-0.25, -0.2) is 8.42 Å². The van der Waals surface area contributed by atoms with Gasteiger partial charge in [-0.3, -0.25) is 13.9 Å². The van der Waals surface area contributed by atoms with Gasteiger partial charge in [-0.15, -0.1) is 0 Å². The van der Waals surface area contributed by atoms with E-state index in [1.807, 2.05) is 13.8 Å². The highest BCUT2D eigenvalue weighted by Crippen LogP contribution is 2.33. The van der Waals surface area contributed by atoms with Crippen LogP contribution in [0.3, 0.4) is 0 Å². The first kappa shape index (κ1) is 32.6. The fourth-order valence-corrected chi connectivity index (χ4v) is 7.20. The maximum Gasteiger partial charge on any atom is 0.264 e. The number of hydrogen-bond acceptors (Lipinski definition) is 5. The number of nitrogens with one attached hydrogen (secondary N) is 1. The fourth-order valence-electron chi connectivity index (χ4n) is 5.31. The lowest BCUT2D eigenvalue weighted by molar-refractivity contribution is -0.140. The summed E-state index contributed by atoms with van der Waals surface area (Å²) in [5.74, 6) is -0.566. The second-order valence-corrected chi connectivity index (χ2v) is 13.4. The highest BCUT2D eigenvalue weighted by Gasteiger charge is 2.35. The summed E-state index contributed by atoms with van der Waals surface area (Å²) in [6.07, 6.45) is 4.16. The van der Waals surface area contributed by atoms with Crippen LogP contribution in [0.25, 0.3) is 0 Å². The summed E-state index contributed by atoms with van der Waals surface area (Å²) in [6, 6.07) is 17.1. The third-order valence-electron chi connectivity index (χ3n) is 7.68. The van der Waals surface area contributed by atoms with Crippen LogP contribution in [-0.4, -0.2) is 50.9 Å². The van der Waals surface area contributed by atoms with E-state index in [4.69, 9.17) is 27.9 Å². The van der Waals surface area contributed by atoms with Crippen LogP contribution in [0.2, 0.25) is 10.0 Å². The van der Waals surface area contributed by atoms with Gasteiger partial charge < -0.3 is 15.0 Å². The summed E-state index contributed by atoms with van der Waals surface area (Å²) < 4.78 is 34.8. The molecule has 0 saturated heterocycles. The number of para-hydroxylation sites is 2. The summed E-state index contributed by atoms with van der Waals surface area (Å²) in [7, 11) is -2.79. The minimum absolute atomic E-state index is 0.0181. The molecule has 11 heteroatoms. The Morgan fingerprint density at radius 2 is 1.70 bits per heavy atom. The first-order valence-electron chi connectivity index (χ1n) is 14.3. The van der Waals surface area contributed by atoms with Crippen molar-refractivity contribution in [1.82, 2.24) is 10.2 Å². The molecule has 43 heavy (non-hydrogen) atoms. The molecule has 1 N–H and O–H groups in total. The Kier molecular flexibility index (Phi) is 11.0. The number of carbonyl (C=O) groups is 2. The summed E-state index contributed by atoms with van der Waals surface area (Å²) in [4.78, 5) is 29.3. The minimum atomic E-state index is -4.23. The molecule has 1 aliphatic rings. The molecule has 2 amide bonds. The lowest BCUT2D eigenvalue weighted by Gasteiger charge is -2.34. The molecule has 3 aromatic rings. The Balaban J connectivity index is 1.76. The smallest absolute Gasteiger partial charge is 0.264 e. The molecule has 0 spiro atoms. The zero-order valence-corrected chi connectivity index (χ0v) is 26.9. The first-order chi connectivity index (χ1) is 20.5. The fraction of sp³-hybridized carbons (Fsp3) is 0.375. The number of nitrogens with zero attached hydrogens (tertiary/aromatic N) is 2. The predicted octanol–water partition coefficient (Wildman–Crippen LogP) is 6.37. The van der Waals surface area contributed by atoms with Gasteiger partial charge in [-0.05, 0) is 68.1 Å². The molecule has 1 fully saturated rings. The molecule has 1 aliphatic carbocycles. The number of benzene rings is 3. The van der Waals surface area contributed by atoms with E-state index in [0.29, 0.717) is 22.0 Å². The lowest BCUT2D eigenvalue weighted by atomic mass is 10.1. The molecule has 0 bridgehead atoms. The predicted molar refractivity (Wildman–Crippen MR) is 170 cm³/mol. The Labute approximate surface area is 264 Å². The quantitative estimate of drug-likeness (QED) is 0.247. The van der Waals surface area contributed by atoms with E-state index in [0.717, 1.165) is 35.6 Å². The standard InChI is InChI=1S/C32H37Cl2N3O5S/c1-4-28(32(39)35-25-9-5-6-10-25)36(20-23-15-16-24(33)19-27(23)34)31(38)21-37(29-11-7-8-12-30(29)42-3)43(40,41)26-17-13-22(2)14-18-26/h7-8,11-19,25,28H,4-6,9-10,20-21H2,1-3H3,(H,35,39). The molecular formula is C32H37Cl2N3O5S. The molecule has 230 valence electrons. The van der Waals surface area contributed by atoms with Crippen LogP contribution >= 0.6 is 23.2 Å². The number of ether oxygens (including phenoxy) is 1. The van der Waals surface area contributed by atoms with E-state index in [-0.39, 0.29) is 34.8 Å². The topological polar surface area (TPSA) is 96.0 Å². The molecule has 1 saturated carbocycles. The molecule has 0 aliphatic heterocycles. The molecular weight excluding hydrogens is 609 g/mol. The number of aryl methyl sites for hydroxylation is 1. The molecule has 8 nitrogen and oxygen atoms in total. The minimum Gasteiger partial charge on any atom is -0.495 e. The van der Waals surface area contributed by atoms with Crippen molar-refractivity contribution in [3.63, 3.8) is 0 Å². The first-order valence-corrected chi connectivity index (χ1v) is 16.5. The van der Waals surface area contributed by atoms with Crippen LogP contribution in [-0.2, 0) is 26.2 Å². The average molecular weight is 647 g/mol. The highest BCUT2D eigenvalue weighted by molar-refractivity contribution is 7.92. The van der Waals surface area contributed by atoms with Gasteiger partial charge in [0, 0.05) is 22.6 Å². The van der Waals surface area contributed by atoms with E-state index in [1.165, 1.54) is 24.1 Å². The number of halogens is 2. The van der Waals surface area contributed by atoms with Crippen molar-refractivity contribution < 1.29 is 22.7 Å². The lowest BCUT2D eigenvalue weighted by Crippen LogP contribution is -2.53. The summed E-state index contributed by atoms with van der Waals surface area (Å²) >= 11 is 12.6. The van der Waals surface area contributed by atoms with E-state index < -0.39 is 28.5 Å². The van der Waals surface area contributed by atoms with Gasteiger partial charge in [0.2, 0.25) is 11.8 Å². The number of sulfonamides is 1. The molecule has 1 unspecified atom stereocenters. The van der Waals surface area contributed by atoms with Crippen molar-refractivity contribution >= 4 is 50.7 Å². The van der Waals surface area contributed by atoms with Crippen LogP contribution in [0.5, 0.6) is 5.75 Å². The van der Waals surface area contributed by atoms with Crippen molar-refractivity contribution in [1.29, 1.82) is 0 Å².